The van der Waals surface area contributed by atoms with E-state index in [2.05, 4.69) is 9.47 Å². The monoisotopic (exact) mass is 256 g/mol. The van der Waals surface area contributed by atoms with E-state index in [0.29, 0.717) is 0 Å². The highest BCUT2D eigenvalue weighted by Crippen LogP contribution is 2.16. The molecule has 0 aromatic carbocycles. The average molecular weight is 256 g/mol. The van der Waals surface area contributed by atoms with Crippen molar-refractivity contribution in [2.45, 2.75) is 26.7 Å². The van der Waals surface area contributed by atoms with Gasteiger partial charge in [-0.25, -0.2) is 0 Å². The highest BCUT2D eigenvalue weighted by Gasteiger charge is 2.21. The largest absolute Gasteiger partial charge is 0.469 e. The van der Waals surface area contributed by atoms with Crippen LogP contribution in [0.2, 0.25) is 0 Å². The van der Waals surface area contributed by atoms with E-state index in [1.165, 1.54) is 28.1 Å². The first-order valence-corrected chi connectivity index (χ1v) is 5.21. The fourth-order valence-electron chi connectivity index (χ4n) is 1.32. The van der Waals surface area contributed by atoms with Gasteiger partial charge in [-0.3, -0.25) is 19.2 Å². The maximum absolute atomic E-state index is 11.4. The predicted molar refractivity (Wildman–Crippen MR) is 61.7 cm³/mol. The van der Waals surface area contributed by atoms with Crippen molar-refractivity contribution in [3.63, 3.8) is 0 Å². The number of ether oxygens (including phenoxy) is 2. The van der Waals surface area contributed by atoms with Gasteiger partial charge in [0.25, 0.3) is 0 Å². The van der Waals surface area contributed by atoms with Crippen molar-refractivity contribution in [1.29, 1.82) is 0 Å². The van der Waals surface area contributed by atoms with Crippen molar-refractivity contribution in [2.24, 2.45) is 0 Å². The van der Waals surface area contributed by atoms with Gasteiger partial charge in [0.05, 0.1) is 27.1 Å². The number of rotatable bonds is 6. The van der Waals surface area contributed by atoms with Crippen LogP contribution in [0.1, 0.15) is 26.7 Å². The fraction of sp³-hybridized carbons (Fsp3) is 0.500. The summed E-state index contributed by atoms with van der Waals surface area (Å²) in [5, 5.41) is 0. The Kier molecular flexibility index (Phi) is 6.56. The van der Waals surface area contributed by atoms with Gasteiger partial charge >= 0.3 is 11.9 Å². The van der Waals surface area contributed by atoms with Gasteiger partial charge in [-0.1, -0.05) is 0 Å². The lowest BCUT2D eigenvalue weighted by molar-refractivity contribution is -0.141. The zero-order chi connectivity index (χ0) is 14.3. The molecule has 6 nitrogen and oxygen atoms in total. The highest BCUT2D eigenvalue weighted by atomic mass is 16.5. The van der Waals surface area contributed by atoms with E-state index in [1.807, 2.05) is 0 Å². The number of Topliss-reactive ketones (excluding diaryl/α,β-unsaturated/α-hetero) is 2. The second kappa shape index (κ2) is 7.37. The van der Waals surface area contributed by atoms with Crippen LogP contribution in [-0.2, 0) is 28.7 Å². The molecule has 0 saturated carbocycles. The molecule has 0 spiro atoms. The molecular formula is C12H16O6. The van der Waals surface area contributed by atoms with E-state index >= 15 is 0 Å². The Labute approximate surface area is 105 Å². The lowest BCUT2D eigenvalue weighted by atomic mass is 9.96. The maximum Gasteiger partial charge on any atom is 0.310 e. The second-order valence-electron chi connectivity index (χ2n) is 3.58. The van der Waals surface area contributed by atoms with Gasteiger partial charge in [0, 0.05) is 11.1 Å². The number of hydrogen-bond acceptors (Lipinski definition) is 6. The normalized spacial score (nSPS) is 11.3. The number of ketones is 2. The summed E-state index contributed by atoms with van der Waals surface area (Å²) in [6.45, 7) is 2.44. The molecule has 0 aliphatic carbocycles. The summed E-state index contributed by atoms with van der Waals surface area (Å²) in [5.41, 5.74) is -0.0282. The summed E-state index contributed by atoms with van der Waals surface area (Å²) < 4.78 is 8.88. The van der Waals surface area contributed by atoms with Gasteiger partial charge in [-0.15, -0.1) is 0 Å². The van der Waals surface area contributed by atoms with Crippen molar-refractivity contribution in [1.82, 2.24) is 0 Å². The molecule has 0 fully saturated rings. The molecule has 0 aromatic heterocycles. The van der Waals surface area contributed by atoms with Crippen LogP contribution in [-0.4, -0.2) is 37.7 Å². The van der Waals surface area contributed by atoms with Gasteiger partial charge in [0.15, 0.2) is 11.6 Å². The number of esters is 2. The predicted octanol–water partition coefficient (Wildman–Crippen LogP) is 0.587. The van der Waals surface area contributed by atoms with Crippen molar-refractivity contribution in [3.05, 3.63) is 11.1 Å². The standard InChI is InChI=1S/C12H16O6/c1-7(13)9(5-11(15)17-3)10(8(2)14)6-12(16)18-4/h5-6H2,1-4H3. The lowest BCUT2D eigenvalue weighted by Crippen LogP contribution is -2.16. The van der Waals surface area contributed by atoms with Gasteiger partial charge in [0.2, 0.25) is 0 Å². The van der Waals surface area contributed by atoms with E-state index < -0.39 is 23.5 Å². The van der Waals surface area contributed by atoms with Gasteiger partial charge < -0.3 is 9.47 Å². The van der Waals surface area contributed by atoms with E-state index in [4.69, 9.17) is 0 Å². The Morgan fingerprint density at radius 2 is 1.00 bits per heavy atom. The lowest BCUT2D eigenvalue weighted by Gasteiger charge is -2.09. The fourth-order valence-corrected chi connectivity index (χ4v) is 1.32. The first kappa shape index (κ1) is 16.0. The first-order chi connectivity index (χ1) is 8.33. The van der Waals surface area contributed by atoms with Crippen LogP contribution >= 0.6 is 0 Å². The summed E-state index contributed by atoms with van der Waals surface area (Å²) in [7, 11) is 2.35. The summed E-state index contributed by atoms with van der Waals surface area (Å²) in [5.74, 6) is -2.20. The molecule has 100 valence electrons. The average Bonchev–Trinajstić information content (AvgIpc) is 2.31. The molecule has 0 N–H and O–H groups in total. The minimum atomic E-state index is -0.649. The second-order valence-corrected chi connectivity index (χ2v) is 3.58. The summed E-state index contributed by atoms with van der Waals surface area (Å²) in [6, 6.07) is 0. The van der Waals surface area contributed by atoms with E-state index in [9.17, 15) is 19.2 Å². The molecule has 0 saturated heterocycles. The smallest absolute Gasteiger partial charge is 0.310 e. The van der Waals surface area contributed by atoms with Crippen molar-refractivity contribution in [2.75, 3.05) is 14.2 Å². The molecular weight excluding hydrogens is 240 g/mol. The number of carbonyl (C=O) groups is 4. The summed E-state index contributed by atoms with van der Waals surface area (Å²) in [4.78, 5) is 45.2. The minimum absolute atomic E-state index is 0.0141. The minimum Gasteiger partial charge on any atom is -0.469 e. The number of hydrogen-bond donors (Lipinski definition) is 0. The molecule has 0 unspecified atom stereocenters. The van der Waals surface area contributed by atoms with Crippen molar-refractivity contribution in [3.8, 4) is 0 Å². The van der Waals surface area contributed by atoms with Crippen molar-refractivity contribution >= 4 is 23.5 Å². The van der Waals surface area contributed by atoms with Crippen LogP contribution in [0.5, 0.6) is 0 Å². The zero-order valence-corrected chi connectivity index (χ0v) is 10.9. The van der Waals surface area contributed by atoms with E-state index in [-0.39, 0.29) is 24.0 Å². The third-order valence-electron chi connectivity index (χ3n) is 2.31. The number of carbonyl (C=O) groups excluding carboxylic acids is 4. The molecule has 0 bridgehead atoms. The molecule has 0 rings (SSSR count). The third-order valence-corrected chi connectivity index (χ3v) is 2.31. The van der Waals surface area contributed by atoms with Crippen LogP contribution in [0.4, 0.5) is 0 Å². The van der Waals surface area contributed by atoms with Gasteiger partial charge in [0.1, 0.15) is 0 Å². The quantitative estimate of drug-likeness (QED) is 0.510. The summed E-state index contributed by atoms with van der Waals surface area (Å²) >= 11 is 0. The van der Waals surface area contributed by atoms with Gasteiger partial charge in [-0.2, -0.15) is 0 Å². The molecule has 0 radical (unpaired) electrons. The SMILES string of the molecule is COC(=O)CC(C(C)=O)=C(CC(=O)OC)C(C)=O. The number of methoxy groups -OCH3 is 2. The van der Waals surface area contributed by atoms with Crippen LogP contribution in [0.3, 0.4) is 0 Å². The molecule has 0 aromatic rings. The topological polar surface area (TPSA) is 86.7 Å². The van der Waals surface area contributed by atoms with Gasteiger partial charge in [-0.05, 0) is 13.8 Å². The molecule has 0 amide bonds. The summed E-state index contributed by atoms with van der Waals surface area (Å²) in [6.07, 6.45) is -0.671. The van der Waals surface area contributed by atoms with Crippen LogP contribution in [0.15, 0.2) is 11.1 Å². The van der Waals surface area contributed by atoms with E-state index in [1.54, 1.807) is 0 Å². The van der Waals surface area contributed by atoms with Crippen LogP contribution < -0.4 is 0 Å². The zero-order valence-electron chi connectivity index (χ0n) is 10.9. The molecule has 6 heteroatoms. The van der Waals surface area contributed by atoms with Crippen LogP contribution in [0.25, 0.3) is 0 Å². The maximum atomic E-state index is 11.4. The van der Waals surface area contributed by atoms with Crippen molar-refractivity contribution < 1.29 is 28.7 Å². The Morgan fingerprint density at radius 3 is 1.17 bits per heavy atom. The molecule has 0 aliphatic rings. The molecule has 18 heavy (non-hydrogen) atoms. The Balaban J connectivity index is 5.43. The Bertz CT molecular complexity index is 367. The van der Waals surface area contributed by atoms with Crippen LogP contribution in [0, 0.1) is 0 Å². The first-order valence-electron chi connectivity index (χ1n) is 5.21. The Hall–Kier alpha value is -1.98. The Morgan fingerprint density at radius 1 is 0.722 bits per heavy atom. The van der Waals surface area contributed by atoms with E-state index in [0.717, 1.165) is 0 Å². The third kappa shape index (κ3) is 4.90. The highest BCUT2D eigenvalue weighted by molar-refractivity contribution is 6.08. The molecule has 0 atom stereocenters. The molecule has 0 aliphatic heterocycles. The molecule has 0 heterocycles.